The van der Waals surface area contributed by atoms with Crippen molar-refractivity contribution in [1.82, 2.24) is 0 Å². The molecule has 0 N–H and O–H groups in total. The highest BCUT2D eigenvalue weighted by Crippen LogP contribution is 2.57. The van der Waals surface area contributed by atoms with E-state index in [0.29, 0.717) is 23.7 Å². The minimum absolute atomic E-state index is 0.00494. The minimum atomic E-state index is -5.27. The number of carbonyl (C=O) groups is 1. The van der Waals surface area contributed by atoms with Crippen LogP contribution in [0, 0.1) is 29.6 Å². The summed E-state index contributed by atoms with van der Waals surface area (Å²) in [5.74, 6) is -3.27. The van der Waals surface area contributed by atoms with E-state index in [4.69, 9.17) is 0 Å². The molecule has 4 aliphatic carbocycles. The monoisotopic (exact) mass is 340 g/mol. The Labute approximate surface area is 131 Å². The number of ether oxygens (including phenoxy) is 1. The lowest BCUT2D eigenvalue weighted by Gasteiger charge is -2.54. The molecular weight excluding hydrogens is 319 g/mol. The molecule has 132 valence electrons. The van der Waals surface area contributed by atoms with Crippen LogP contribution in [0.25, 0.3) is 0 Å². The zero-order valence-electron chi connectivity index (χ0n) is 12.9. The van der Waals surface area contributed by atoms with E-state index in [9.17, 15) is 26.7 Å². The van der Waals surface area contributed by atoms with Gasteiger partial charge in [-0.2, -0.15) is 13.2 Å². The molecule has 2 nitrogen and oxygen atoms in total. The normalized spacial score (nSPS) is 37.7. The molecule has 1 unspecified atom stereocenters. The number of rotatable bonds is 4. The van der Waals surface area contributed by atoms with Crippen molar-refractivity contribution in [1.29, 1.82) is 0 Å². The minimum Gasteiger partial charge on any atom is -0.446 e. The molecule has 4 rings (SSSR count). The predicted molar refractivity (Wildman–Crippen MR) is 71.7 cm³/mol. The number of alkyl halides is 5. The van der Waals surface area contributed by atoms with Gasteiger partial charge in [0.05, 0.1) is 0 Å². The van der Waals surface area contributed by atoms with Crippen LogP contribution in [0.3, 0.4) is 0 Å². The van der Waals surface area contributed by atoms with E-state index in [0.717, 1.165) is 25.7 Å². The molecule has 4 saturated carbocycles. The van der Waals surface area contributed by atoms with Crippen LogP contribution in [0.15, 0.2) is 0 Å². The van der Waals surface area contributed by atoms with E-state index in [1.165, 1.54) is 6.42 Å². The van der Waals surface area contributed by atoms with Gasteiger partial charge in [-0.3, -0.25) is 4.79 Å². The third-order valence-corrected chi connectivity index (χ3v) is 5.83. The lowest BCUT2D eigenvalue weighted by Crippen LogP contribution is -2.48. The Balaban J connectivity index is 1.63. The van der Waals surface area contributed by atoms with Gasteiger partial charge < -0.3 is 4.74 Å². The van der Waals surface area contributed by atoms with Crippen molar-refractivity contribution in [3.05, 3.63) is 0 Å². The van der Waals surface area contributed by atoms with Crippen molar-refractivity contribution in [2.75, 3.05) is 0 Å². The first-order valence-corrected chi connectivity index (χ1v) is 8.18. The molecule has 0 aromatic rings. The second kappa shape index (κ2) is 5.59. The number of hydrogen-bond donors (Lipinski definition) is 0. The quantitative estimate of drug-likeness (QED) is 0.553. The maximum absolute atomic E-state index is 13.1. The fourth-order valence-corrected chi connectivity index (χ4v) is 5.20. The van der Waals surface area contributed by atoms with Crippen molar-refractivity contribution in [2.45, 2.75) is 63.7 Å². The highest BCUT2D eigenvalue weighted by atomic mass is 19.4. The van der Waals surface area contributed by atoms with Gasteiger partial charge >= 0.3 is 12.1 Å². The van der Waals surface area contributed by atoms with Gasteiger partial charge in [-0.15, -0.1) is 0 Å². The van der Waals surface area contributed by atoms with Gasteiger partial charge in [-0.05, 0) is 61.7 Å². The molecule has 0 heterocycles. The predicted octanol–water partition coefficient (Wildman–Crippen LogP) is 4.58. The molecule has 4 bridgehead atoms. The van der Waals surface area contributed by atoms with E-state index in [-0.39, 0.29) is 19.3 Å². The summed E-state index contributed by atoms with van der Waals surface area (Å²) in [5.41, 5.74) is 0. The maximum atomic E-state index is 13.1. The first-order chi connectivity index (χ1) is 10.5. The van der Waals surface area contributed by atoms with E-state index in [1.54, 1.807) is 0 Å². The Morgan fingerprint density at radius 2 is 1.48 bits per heavy atom. The van der Waals surface area contributed by atoms with Crippen LogP contribution in [0.5, 0.6) is 0 Å². The summed E-state index contributed by atoms with van der Waals surface area (Å²) in [7, 11) is 0. The Morgan fingerprint density at radius 1 is 1.00 bits per heavy atom. The molecule has 4 fully saturated rings. The molecule has 0 radical (unpaired) electrons. The zero-order chi connectivity index (χ0) is 17.0. The summed E-state index contributed by atoms with van der Waals surface area (Å²) in [6, 6.07) is 0. The SMILES string of the molecule is CC(F)(F)C(OC(=O)CC1C2CC3CC(C2)CC1C3)C(F)(F)F. The molecule has 0 spiro atoms. The average Bonchev–Trinajstić information content (AvgIpc) is 2.37. The zero-order valence-corrected chi connectivity index (χ0v) is 12.9. The van der Waals surface area contributed by atoms with Gasteiger partial charge in [-0.1, -0.05) is 0 Å². The summed E-state index contributed by atoms with van der Waals surface area (Å²) in [6.45, 7) is 0.126. The van der Waals surface area contributed by atoms with Crippen molar-refractivity contribution in [2.24, 2.45) is 29.6 Å². The van der Waals surface area contributed by atoms with Gasteiger partial charge in [0.25, 0.3) is 12.0 Å². The average molecular weight is 340 g/mol. The van der Waals surface area contributed by atoms with Gasteiger partial charge in [0, 0.05) is 13.3 Å². The Bertz CT molecular complexity index is 426. The van der Waals surface area contributed by atoms with E-state index in [2.05, 4.69) is 4.74 Å². The van der Waals surface area contributed by atoms with Crippen LogP contribution in [0.4, 0.5) is 22.0 Å². The summed E-state index contributed by atoms with van der Waals surface area (Å²) in [4.78, 5) is 11.9. The van der Waals surface area contributed by atoms with Crippen LogP contribution in [0.1, 0.15) is 45.4 Å². The lowest BCUT2D eigenvalue weighted by molar-refractivity contribution is -0.273. The number of halogens is 5. The van der Waals surface area contributed by atoms with Crippen molar-refractivity contribution < 1.29 is 31.5 Å². The standard InChI is InChI=1S/C16H21F5O2/c1-15(17,18)14(16(19,20)21)23-13(22)7-12-10-3-8-2-9(5-10)6-11(12)4-8/h8-12,14H,2-7H2,1H3. The molecule has 0 aromatic carbocycles. The smallest absolute Gasteiger partial charge is 0.431 e. The highest BCUT2D eigenvalue weighted by molar-refractivity contribution is 5.70. The maximum Gasteiger partial charge on any atom is 0.431 e. The Hall–Kier alpha value is -0.880. The van der Waals surface area contributed by atoms with Crippen LogP contribution in [-0.2, 0) is 9.53 Å². The van der Waals surface area contributed by atoms with Crippen molar-refractivity contribution >= 4 is 5.97 Å². The highest BCUT2D eigenvalue weighted by Gasteiger charge is 2.56. The largest absolute Gasteiger partial charge is 0.446 e. The van der Waals surface area contributed by atoms with Gasteiger partial charge in [-0.25, -0.2) is 8.78 Å². The molecule has 1 atom stereocenters. The first-order valence-electron chi connectivity index (χ1n) is 8.18. The van der Waals surface area contributed by atoms with Crippen LogP contribution in [-0.4, -0.2) is 24.2 Å². The molecule has 4 aliphatic rings. The van der Waals surface area contributed by atoms with E-state index >= 15 is 0 Å². The van der Waals surface area contributed by atoms with Crippen LogP contribution in [0.2, 0.25) is 0 Å². The van der Waals surface area contributed by atoms with Crippen molar-refractivity contribution in [3.63, 3.8) is 0 Å². The first kappa shape index (κ1) is 17.0. The fourth-order valence-electron chi connectivity index (χ4n) is 5.20. The second-order valence-electron chi connectivity index (χ2n) is 7.67. The number of carbonyl (C=O) groups excluding carboxylic acids is 1. The molecular formula is C16H21F5O2. The van der Waals surface area contributed by atoms with E-state index in [1.807, 2.05) is 0 Å². The van der Waals surface area contributed by atoms with Gasteiger partial charge in [0.15, 0.2) is 0 Å². The molecule has 0 aliphatic heterocycles. The topological polar surface area (TPSA) is 26.3 Å². The summed E-state index contributed by atoms with van der Waals surface area (Å²) >= 11 is 0. The Morgan fingerprint density at radius 3 is 1.87 bits per heavy atom. The third-order valence-electron chi connectivity index (χ3n) is 5.83. The number of esters is 1. The Kier molecular flexibility index (Phi) is 4.12. The second-order valence-corrected chi connectivity index (χ2v) is 7.67. The molecule has 0 amide bonds. The third kappa shape index (κ3) is 3.48. The number of hydrogen-bond acceptors (Lipinski definition) is 2. The lowest BCUT2D eigenvalue weighted by atomic mass is 9.51. The summed E-state index contributed by atoms with van der Waals surface area (Å²) in [6.07, 6.45) is -3.53. The van der Waals surface area contributed by atoms with Crippen LogP contribution < -0.4 is 0 Å². The molecule has 0 saturated heterocycles. The fraction of sp³-hybridized carbons (Fsp3) is 0.938. The molecule has 0 aromatic heterocycles. The van der Waals surface area contributed by atoms with Gasteiger partial charge in [0.2, 0.25) is 0 Å². The van der Waals surface area contributed by atoms with Gasteiger partial charge in [0.1, 0.15) is 0 Å². The molecule has 23 heavy (non-hydrogen) atoms. The van der Waals surface area contributed by atoms with Crippen molar-refractivity contribution in [3.8, 4) is 0 Å². The summed E-state index contributed by atoms with van der Waals surface area (Å²) in [5, 5.41) is 0. The van der Waals surface area contributed by atoms with E-state index < -0.39 is 24.2 Å². The molecule has 7 heteroatoms. The van der Waals surface area contributed by atoms with Crippen LogP contribution >= 0.6 is 0 Å². The summed E-state index contributed by atoms with van der Waals surface area (Å²) < 4.78 is 68.5.